The summed E-state index contributed by atoms with van der Waals surface area (Å²) >= 11 is 1.45. The highest BCUT2D eigenvalue weighted by Gasteiger charge is 2.25. The molecular formula is C18H24N2O4S. The maximum Gasteiger partial charge on any atom is 0.349 e. The number of ether oxygens (including phenoxy) is 1. The van der Waals surface area contributed by atoms with Crippen LogP contribution < -0.4 is 10.6 Å². The molecule has 2 N–H and O–H groups in total. The van der Waals surface area contributed by atoms with Gasteiger partial charge in [-0.2, -0.15) is 0 Å². The minimum atomic E-state index is -1.01. The first-order valence-corrected chi connectivity index (χ1v) is 9.78. The first-order chi connectivity index (χ1) is 12.0. The molecule has 1 aromatic heterocycles. The lowest BCUT2D eigenvalue weighted by Crippen LogP contribution is -2.47. The molecule has 1 fully saturated rings. The Morgan fingerprint density at radius 3 is 2.60 bits per heavy atom. The van der Waals surface area contributed by atoms with E-state index >= 15 is 0 Å². The third kappa shape index (κ3) is 4.60. The molecule has 0 aromatic carbocycles. The molecule has 25 heavy (non-hydrogen) atoms. The Bertz CT molecular complexity index is 641. The molecule has 3 rings (SSSR count). The number of thiophene rings is 1. The zero-order chi connectivity index (χ0) is 17.8. The second-order valence-electron chi connectivity index (χ2n) is 6.76. The van der Waals surface area contributed by atoms with Gasteiger partial charge in [-0.1, -0.05) is 12.8 Å². The van der Waals surface area contributed by atoms with Crippen LogP contribution in [0.3, 0.4) is 0 Å². The van der Waals surface area contributed by atoms with E-state index in [2.05, 4.69) is 10.6 Å². The summed E-state index contributed by atoms with van der Waals surface area (Å²) in [5.74, 6) is -1.11. The number of hydrogen-bond donors (Lipinski definition) is 2. The lowest BCUT2D eigenvalue weighted by molar-refractivity contribution is -0.127. The highest BCUT2D eigenvalue weighted by atomic mass is 32.1. The van der Waals surface area contributed by atoms with Crippen molar-refractivity contribution in [3.05, 3.63) is 21.4 Å². The van der Waals surface area contributed by atoms with Crippen molar-refractivity contribution in [3.63, 3.8) is 0 Å². The SMILES string of the molecule is C[C@H](OC(=O)c1cc2c(s1)CCCC2)C(=O)NC(=O)NC1CCCC1. The first-order valence-electron chi connectivity index (χ1n) is 8.97. The average Bonchev–Trinajstić information content (AvgIpc) is 3.23. The molecule has 6 nitrogen and oxygen atoms in total. The van der Waals surface area contributed by atoms with Crippen LogP contribution >= 0.6 is 11.3 Å². The summed E-state index contributed by atoms with van der Waals surface area (Å²) < 4.78 is 5.23. The molecule has 2 aliphatic carbocycles. The van der Waals surface area contributed by atoms with Crippen molar-refractivity contribution in [1.82, 2.24) is 10.6 Å². The number of nitrogens with one attached hydrogen (secondary N) is 2. The van der Waals surface area contributed by atoms with E-state index in [9.17, 15) is 14.4 Å². The quantitative estimate of drug-likeness (QED) is 0.805. The number of urea groups is 1. The van der Waals surface area contributed by atoms with Crippen molar-refractivity contribution in [2.24, 2.45) is 0 Å². The lowest BCUT2D eigenvalue weighted by atomic mass is 9.99. The smallest absolute Gasteiger partial charge is 0.349 e. The number of aryl methyl sites for hydroxylation is 2. The maximum absolute atomic E-state index is 12.2. The van der Waals surface area contributed by atoms with Crippen LogP contribution in [-0.4, -0.2) is 30.1 Å². The van der Waals surface area contributed by atoms with Gasteiger partial charge in [-0.15, -0.1) is 11.3 Å². The maximum atomic E-state index is 12.2. The van der Waals surface area contributed by atoms with Gasteiger partial charge in [0, 0.05) is 10.9 Å². The molecule has 1 aromatic rings. The van der Waals surface area contributed by atoms with Crippen molar-refractivity contribution in [1.29, 1.82) is 0 Å². The number of amides is 3. The Balaban J connectivity index is 1.49. The third-order valence-corrected chi connectivity index (χ3v) is 6.00. The Morgan fingerprint density at radius 1 is 1.16 bits per heavy atom. The number of carbonyl (C=O) groups is 3. The van der Waals surface area contributed by atoms with Crippen LogP contribution in [0.1, 0.15) is 65.6 Å². The fourth-order valence-electron chi connectivity index (χ4n) is 3.37. The average molecular weight is 364 g/mol. The van der Waals surface area contributed by atoms with Gasteiger partial charge in [-0.05, 0) is 57.1 Å². The number of imide groups is 1. The van der Waals surface area contributed by atoms with Crippen LogP contribution in [-0.2, 0) is 22.4 Å². The summed E-state index contributed by atoms with van der Waals surface area (Å²) in [4.78, 5) is 37.9. The van der Waals surface area contributed by atoms with Crippen molar-refractivity contribution >= 4 is 29.2 Å². The van der Waals surface area contributed by atoms with Gasteiger partial charge in [0.15, 0.2) is 6.10 Å². The van der Waals surface area contributed by atoms with Crippen molar-refractivity contribution in [3.8, 4) is 0 Å². The van der Waals surface area contributed by atoms with Gasteiger partial charge in [0.1, 0.15) is 4.88 Å². The van der Waals surface area contributed by atoms with E-state index in [4.69, 9.17) is 4.74 Å². The molecule has 1 saturated carbocycles. The van der Waals surface area contributed by atoms with Crippen LogP contribution in [0.2, 0.25) is 0 Å². The molecule has 0 radical (unpaired) electrons. The molecule has 2 aliphatic rings. The largest absolute Gasteiger partial charge is 0.448 e. The van der Waals surface area contributed by atoms with Gasteiger partial charge in [0.25, 0.3) is 5.91 Å². The molecule has 3 amide bonds. The molecule has 0 bridgehead atoms. The minimum Gasteiger partial charge on any atom is -0.448 e. The fourth-order valence-corrected chi connectivity index (χ4v) is 4.51. The van der Waals surface area contributed by atoms with Crippen molar-refractivity contribution in [2.45, 2.75) is 70.4 Å². The Morgan fingerprint density at radius 2 is 1.88 bits per heavy atom. The van der Waals surface area contributed by atoms with E-state index in [1.807, 2.05) is 6.07 Å². The molecule has 1 heterocycles. The lowest BCUT2D eigenvalue weighted by Gasteiger charge is -2.15. The van der Waals surface area contributed by atoms with Gasteiger partial charge < -0.3 is 10.1 Å². The van der Waals surface area contributed by atoms with Gasteiger partial charge in [-0.25, -0.2) is 9.59 Å². The Labute approximate surface area is 151 Å². The van der Waals surface area contributed by atoms with Crippen molar-refractivity contribution in [2.75, 3.05) is 0 Å². The third-order valence-electron chi connectivity index (χ3n) is 4.78. The summed E-state index contributed by atoms with van der Waals surface area (Å²) in [5, 5.41) is 5.02. The number of fused-ring (bicyclic) bond motifs is 1. The Hall–Kier alpha value is -1.89. The fraction of sp³-hybridized carbons (Fsp3) is 0.611. The molecule has 1 atom stereocenters. The van der Waals surface area contributed by atoms with Crippen LogP contribution in [0.4, 0.5) is 4.79 Å². The molecule has 0 saturated heterocycles. The molecule has 7 heteroatoms. The molecule has 0 spiro atoms. The number of rotatable bonds is 4. The second-order valence-corrected chi connectivity index (χ2v) is 7.89. The van der Waals surface area contributed by atoms with E-state index < -0.39 is 24.0 Å². The van der Waals surface area contributed by atoms with Gasteiger partial charge in [0.05, 0.1) is 0 Å². The van der Waals surface area contributed by atoms with Gasteiger partial charge in [0.2, 0.25) is 0 Å². The van der Waals surface area contributed by atoms with E-state index in [1.165, 1.54) is 28.7 Å². The predicted molar refractivity (Wildman–Crippen MR) is 94.8 cm³/mol. The zero-order valence-corrected chi connectivity index (χ0v) is 15.2. The summed E-state index contributed by atoms with van der Waals surface area (Å²) in [7, 11) is 0. The van der Waals surface area contributed by atoms with Gasteiger partial charge >= 0.3 is 12.0 Å². The van der Waals surface area contributed by atoms with Crippen LogP contribution in [0, 0.1) is 0 Å². The molecule has 0 unspecified atom stereocenters. The highest BCUT2D eigenvalue weighted by molar-refractivity contribution is 7.14. The minimum absolute atomic E-state index is 0.128. The first kappa shape index (κ1) is 17.9. The van der Waals surface area contributed by atoms with E-state index in [0.29, 0.717) is 4.88 Å². The van der Waals surface area contributed by atoms with E-state index in [0.717, 1.165) is 51.4 Å². The predicted octanol–water partition coefficient (Wildman–Crippen LogP) is 2.94. The number of hydrogen-bond acceptors (Lipinski definition) is 5. The van der Waals surface area contributed by atoms with E-state index in [1.54, 1.807) is 0 Å². The normalized spacial score (nSPS) is 18.3. The van der Waals surface area contributed by atoms with Crippen LogP contribution in [0.25, 0.3) is 0 Å². The summed E-state index contributed by atoms with van der Waals surface area (Å²) in [6, 6.07) is 1.48. The second kappa shape index (κ2) is 7.99. The summed E-state index contributed by atoms with van der Waals surface area (Å²) in [6.45, 7) is 1.48. The van der Waals surface area contributed by atoms with Crippen molar-refractivity contribution < 1.29 is 19.1 Å². The molecular weight excluding hydrogens is 340 g/mol. The topological polar surface area (TPSA) is 84.5 Å². The molecule has 136 valence electrons. The highest BCUT2D eigenvalue weighted by Crippen LogP contribution is 2.30. The summed E-state index contributed by atoms with van der Waals surface area (Å²) in [5.41, 5.74) is 1.22. The summed E-state index contributed by atoms with van der Waals surface area (Å²) in [6.07, 6.45) is 7.35. The molecule has 0 aliphatic heterocycles. The monoisotopic (exact) mass is 364 g/mol. The van der Waals surface area contributed by atoms with Crippen LogP contribution in [0.5, 0.6) is 0 Å². The Kier molecular flexibility index (Phi) is 5.73. The van der Waals surface area contributed by atoms with Crippen LogP contribution in [0.15, 0.2) is 6.07 Å². The van der Waals surface area contributed by atoms with Gasteiger partial charge in [-0.3, -0.25) is 10.1 Å². The zero-order valence-electron chi connectivity index (χ0n) is 14.4. The number of esters is 1. The standard InChI is InChI=1S/C18H24N2O4S/c1-11(16(21)20-18(23)19-13-7-3-4-8-13)24-17(22)15-10-12-6-2-5-9-14(12)25-15/h10-11,13H,2-9H2,1H3,(H2,19,20,21,23)/t11-/m0/s1. The number of carbonyl (C=O) groups excluding carboxylic acids is 3. The van der Waals surface area contributed by atoms with E-state index in [-0.39, 0.29) is 6.04 Å².